The van der Waals surface area contributed by atoms with Crippen LogP contribution in [0.25, 0.3) is 10.9 Å². The predicted octanol–water partition coefficient (Wildman–Crippen LogP) is 4.53. The van der Waals surface area contributed by atoms with E-state index in [0.717, 1.165) is 39.8 Å². The quantitative estimate of drug-likeness (QED) is 0.731. The van der Waals surface area contributed by atoms with Gasteiger partial charge in [0.05, 0.1) is 6.42 Å². The van der Waals surface area contributed by atoms with Crippen LogP contribution in [0.2, 0.25) is 0 Å². The summed E-state index contributed by atoms with van der Waals surface area (Å²) in [5, 5.41) is 4.19. The fraction of sp³-hybridized carbons (Fsp3) is 0.250. The summed E-state index contributed by atoms with van der Waals surface area (Å²) in [6.45, 7) is 6.19. The Morgan fingerprint density at radius 2 is 1.91 bits per heavy atom. The largest absolute Gasteiger partial charge is 0.358 e. The molecule has 0 saturated carbocycles. The monoisotopic (exact) mass is 306 g/mol. The molecule has 3 aromatic rings. The number of carbonyl (C=O) groups is 1. The van der Waals surface area contributed by atoms with Crippen molar-refractivity contribution >= 4 is 22.5 Å². The van der Waals surface area contributed by atoms with Gasteiger partial charge in [-0.25, -0.2) is 0 Å². The van der Waals surface area contributed by atoms with Crippen LogP contribution in [0.4, 0.5) is 5.69 Å². The lowest BCUT2D eigenvalue weighted by molar-refractivity contribution is -0.115. The van der Waals surface area contributed by atoms with Crippen LogP contribution in [0.5, 0.6) is 0 Å². The number of rotatable bonds is 4. The average molecular weight is 306 g/mol. The third-order valence-corrected chi connectivity index (χ3v) is 4.28. The number of H-pyrrole nitrogens is 1. The fourth-order valence-electron chi connectivity index (χ4n) is 3.03. The van der Waals surface area contributed by atoms with Crippen LogP contribution in [-0.2, 0) is 17.6 Å². The summed E-state index contributed by atoms with van der Waals surface area (Å²) in [6, 6.07) is 14.3. The molecule has 0 bridgehead atoms. The number of aryl methyl sites for hydroxylation is 3. The highest BCUT2D eigenvalue weighted by Crippen LogP contribution is 2.24. The van der Waals surface area contributed by atoms with Crippen molar-refractivity contribution < 1.29 is 4.79 Å². The highest BCUT2D eigenvalue weighted by molar-refractivity contribution is 5.97. The van der Waals surface area contributed by atoms with Gasteiger partial charge in [0.2, 0.25) is 5.91 Å². The number of hydrogen-bond donors (Lipinski definition) is 2. The molecule has 1 aromatic heterocycles. The maximum Gasteiger partial charge on any atom is 0.228 e. The second kappa shape index (κ2) is 6.29. The predicted molar refractivity (Wildman–Crippen MR) is 95.9 cm³/mol. The minimum atomic E-state index is 0.0245. The van der Waals surface area contributed by atoms with Crippen molar-refractivity contribution in [2.24, 2.45) is 0 Å². The molecular formula is C20H22N2O. The molecule has 0 aliphatic rings. The van der Waals surface area contributed by atoms with Crippen LogP contribution < -0.4 is 5.32 Å². The highest BCUT2D eigenvalue weighted by atomic mass is 16.1. The Balaban J connectivity index is 1.86. The molecule has 3 nitrogen and oxygen atoms in total. The molecule has 0 saturated heterocycles. The number of anilines is 1. The number of para-hydroxylation sites is 1. The van der Waals surface area contributed by atoms with Gasteiger partial charge < -0.3 is 10.3 Å². The van der Waals surface area contributed by atoms with Crippen molar-refractivity contribution in [3.63, 3.8) is 0 Å². The van der Waals surface area contributed by atoms with E-state index in [-0.39, 0.29) is 5.91 Å². The number of hydrogen-bond acceptors (Lipinski definition) is 1. The molecule has 118 valence electrons. The van der Waals surface area contributed by atoms with E-state index in [1.807, 2.05) is 25.1 Å². The van der Waals surface area contributed by atoms with E-state index >= 15 is 0 Å². The molecular weight excluding hydrogens is 284 g/mol. The fourth-order valence-corrected chi connectivity index (χ4v) is 3.03. The van der Waals surface area contributed by atoms with E-state index < -0.39 is 0 Å². The minimum absolute atomic E-state index is 0.0245. The van der Waals surface area contributed by atoms with E-state index in [0.29, 0.717) is 6.42 Å². The van der Waals surface area contributed by atoms with Gasteiger partial charge in [-0.15, -0.1) is 0 Å². The standard InChI is InChI=1S/C20H22N2O/c1-4-15-7-5-6-8-18(15)22-20(23)12-16-14(3)21-19-10-9-13(2)11-17(16)19/h5-11,21H,4,12H2,1-3H3,(H,22,23). The van der Waals surface area contributed by atoms with Crippen LogP contribution >= 0.6 is 0 Å². The van der Waals surface area contributed by atoms with E-state index in [4.69, 9.17) is 0 Å². The summed E-state index contributed by atoms with van der Waals surface area (Å²) in [6.07, 6.45) is 1.29. The Bertz CT molecular complexity index is 861. The Hall–Kier alpha value is -2.55. The number of aromatic nitrogens is 1. The van der Waals surface area contributed by atoms with Crippen LogP contribution in [0.1, 0.15) is 29.3 Å². The van der Waals surface area contributed by atoms with Crippen molar-refractivity contribution in [1.29, 1.82) is 0 Å². The number of fused-ring (bicyclic) bond motifs is 1. The molecule has 0 unspecified atom stereocenters. The maximum absolute atomic E-state index is 12.5. The second-order valence-corrected chi connectivity index (χ2v) is 6.01. The van der Waals surface area contributed by atoms with Crippen molar-refractivity contribution in [1.82, 2.24) is 4.98 Å². The first-order chi connectivity index (χ1) is 11.1. The Kier molecular flexibility index (Phi) is 4.20. The third kappa shape index (κ3) is 3.14. The molecule has 0 aliphatic carbocycles. The van der Waals surface area contributed by atoms with E-state index in [1.54, 1.807) is 0 Å². The van der Waals surface area contributed by atoms with Gasteiger partial charge in [0.25, 0.3) is 0 Å². The van der Waals surface area contributed by atoms with Gasteiger partial charge in [-0.1, -0.05) is 36.8 Å². The normalized spacial score (nSPS) is 10.9. The molecule has 0 aliphatic heterocycles. The van der Waals surface area contributed by atoms with E-state index in [1.165, 1.54) is 5.56 Å². The van der Waals surface area contributed by atoms with Crippen LogP contribution in [-0.4, -0.2) is 10.9 Å². The van der Waals surface area contributed by atoms with Gasteiger partial charge in [-0.2, -0.15) is 0 Å². The summed E-state index contributed by atoms with van der Waals surface area (Å²) < 4.78 is 0. The summed E-state index contributed by atoms with van der Waals surface area (Å²) in [5.74, 6) is 0.0245. The molecule has 3 rings (SSSR count). The summed E-state index contributed by atoms with van der Waals surface area (Å²) in [7, 11) is 0. The lowest BCUT2D eigenvalue weighted by Gasteiger charge is -2.10. The first-order valence-electron chi connectivity index (χ1n) is 8.04. The molecule has 1 heterocycles. The summed E-state index contributed by atoms with van der Waals surface area (Å²) in [5.41, 5.74) is 6.50. The molecule has 23 heavy (non-hydrogen) atoms. The van der Waals surface area contributed by atoms with E-state index in [2.05, 4.69) is 48.4 Å². The van der Waals surface area contributed by atoms with Crippen molar-refractivity contribution in [3.05, 3.63) is 64.8 Å². The molecule has 0 radical (unpaired) electrons. The van der Waals surface area contributed by atoms with Crippen LogP contribution in [0.15, 0.2) is 42.5 Å². The van der Waals surface area contributed by atoms with Gasteiger partial charge in [-0.05, 0) is 49.6 Å². The van der Waals surface area contributed by atoms with Gasteiger partial charge in [-0.3, -0.25) is 4.79 Å². The zero-order chi connectivity index (χ0) is 16.4. The van der Waals surface area contributed by atoms with Crippen molar-refractivity contribution in [2.75, 3.05) is 5.32 Å². The van der Waals surface area contributed by atoms with Crippen LogP contribution in [0, 0.1) is 13.8 Å². The van der Waals surface area contributed by atoms with Gasteiger partial charge in [0.15, 0.2) is 0 Å². The Morgan fingerprint density at radius 3 is 2.70 bits per heavy atom. The molecule has 0 spiro atoms. The Labute approximate surface area is 136 Å². The lowest BCUT2D eigenvalue weighted by atomic mass is 10.0. The van der Waals surface area contributed by atoms with Gasteiger partial charge >= 0.3 is 0 Å². The van der Waals surface area contributed by atoms with Crippen molar-refractivity contribution in [2.45, 2.75) is 33.6 Å². The highest BCUT2D eigenvalue weighted by Gasteiger charge is 2.13. The van der Waals surface area contributed by atoms with Crippen LogP contribution in [0.3, 0.4) is 0 Å². The Morgan fingerprint density at radius 1 is 1.13 bits per heavy atom. The molecule has 0 fully saturated rings. The maximum atomic E-state index is 12.5. The average Bonchev–Trinajstić information content (AvgIpc) is 2.83. The third-order valence-electron chi connectivity index (χ3n) is 4.28. The van der Waals surface area contributed by atoms with E-state index in [9.17, 15) is 4.79 Å². The topological polar surface area (TPSA) is 44.9 Å². The lowest BCUT2D eigenvalue weighted by Crippen LogP contribution is -2.15. The van der Waals surface area contributed by atoms with Gasteiger partial charge in [0, 0.05) is 22.3 Å². The van der Waals surface area contributed by atoms with Crippen molar-refractivity contribution in [3.8, 4) is 0 Å². The first kappa shape index (κ1) is 15.3. The zero-order valence-corrected chi connectivity index (χ0v) is 13.9. The molecule has 1 amide bonds. The SMILES string of the molecule is CCc1ccccc1NC(=O)Cc1c(C)[nH]c2ccc(C)cc12. The zero-order valence-electron chi connectivity index (χ0n) is 13.9. The van der Waals surface area contributed by atoms with Gasteiger partial charge in [0.1, 0.15) is 0 Å². The molecule has 2 aromatic carbocycles. The molecule has 0 atom stereocenters. The number of carbonyl (C=O) groups excluding carboxylic acids is 1. The number of nitrogens with one attached hydrogen (secondary N) is 2. The summed E-state index contributed by atoms with van der Waals surface area (Å²) >= 11 is 0. The number of aromatic amines is 1. The molecule has 2 N–H and O–H groups in total. The molecule has 3 heteroatoms. The number of benzene rings is 2. The minimum Gasteiger partial charge on any atom is -0.358 e. The first-order valence-corrected chi connectivity index (χ1v) is 8.04. The summed E-state index contributed by atoms with van der Waals surface area (Å²) in [4.78, 5) is 15.9. The second-order valence-electron chi connectivity index (χ2n) is 6.01. The number of amides is 1. The smallest absolute Gasteiger partial charge is 0.228 e.